The molecule has 0 saturated carbocycles. The van der Waals surface area contributed by atoms with Gasteiger partial charge in [-0.2, -0.15) is 0 Å². The number of primary amides is 1. The van der Waals surface area contributed by atoms with Crippen LogP contribution < -0.4 is 26.4 Å². The SMILES string of the molecule is CC(C)[C@H](CCCNC(=O)OCC1c2ccccc2-c2ccccc21)C(=O)N[C@@H](CCCNC(N)=O)C(=O)Cc1ccc(COC(=O)Oc2ccc([N+](=O)[O-])cc2)cc1. The number of fused-ring (bicyclic) bond motifs is 3. The average Bonchev–Trinajstić information content (AvgIpc) is 3.54. The van der Waals surface area contributed by atoms with Crippen molar-refractivity contribution in [2.24, 2.45) is 17.6 Å². The van der Waals surface area contributed by atoms with Crippen molar-refractivity contribution < 1.29 is 43.1 Å². The van der Waals surface area contributed by atoms with Gasteiger partial charge >= 0.3 is 18.3 Å². The van der Waals surface area contributed by atoms with Gasteiger partial charge in [-0.25, -0.2) is 14.4 Å². The first-order chi connectivity index (χ1) is 28.4. The number of ether oxygens (including phenoxy) is 3. The standard InChI is InChI=1S/C44H49N5O10/c1-28(2)33(13-7-24-47-43(53)57-27-38-36-11-5-3-9-34(36)35-10-4-6-12-37(35)38)41(51)48-39(14-8-23-46-42(45)52)40(50)25-29-15-17-30(18-16-29)26-58-44(54)59-32-21-19-31(20-22-32)49(55)56/h3-6,9-12,15-22,28,33,38-39H,7-8,13-14,23-27H2,1-2H3,(H,47,53)(H,48,51)(H3,45,46,52)/t33-,39-/m0/s1. The monoisotopic (exact) mass is 807 g/mol. The fraction of sp³-hybridized carbons (Fsp3) is 0.341. The lowest BCUT2D eigenvalue weighted by atomic mass is 9.89. The number of Topliss-reactive ketones (excluding diaryl/α,β-unsaturated/α-hetero) is 1. The summed E-state index contributed by atoms with van der Waals surface area (Å²) in [5, 5.41) is 19.1. The zero-order valence-corrected chi connectivity index (χ0v) is 33.0. The average molecular weight is 808 g/mol. The van der Waals surface area contributed by atoms with Gasteiger partial charge in [-0.05, 0) is 77.1 Å². The smallest absolute Gasteiger partial charge is 0.449 e. The van der Waals surface area contributed by atoms with E-state index in [2.05, 4.69) is 40.2 Å². The zero-order valence-electron chi connectivity index (χ0n) is 33.0. The van der Waals surface area contributed by atoms with Gasteiger partial charge in [0.2, 0.25) is 5.91 Å². The number of hydrogen-bond acceptors (Lipinski definition) is 10. The summed E-state index contributed by atoms with van der Waals surface area (Å²) in [5.41, 5.74) is 10.9. The highest BCUT2D eigenvalue weighted by molar-refractivity contribution is 5.91. The lowest BCUT2D eigenvalue weighted by molar-refractivity contribution is -0.384. The second-order valence-electron chi connectivity index (χ2n) is 14.6. The highest BCUT2D eigenvalue weighted by Gasteiger charge is 2.30. The summed E-state index contributed by atoms with van der Waals surface area (Å²) < 4.78 is 15.8. The van der Waals surface area contributed by atoms with Gasteiger partial charge < -0.3 is 35.9 Å². The van der Waals surface area contributed by atoms with Crippen molar-refractivity contribution >= 4 is 35.7 Å². The minimum absolute atomic E-state index is 0.00786. The second-order valence-corrected chi connectivity index (χ2v) is 14.6. The van der Waals surface area contributed by atoms with Crippen molar-refractivity contribution in [2.45, 2.75) is 64.5 Å². The summed E-state index contributed by atoms with van der Waals surface area (Å²) in [5.74, 6) is -0.977. The molecule has 0 heterocycles. The number of urea groups is 1. The number of hydrogen-bond donors (Lipinski definition) is 4. The van der Waals surface area contributed by atoms with Crippen molar-refractivity contribution in [1.82, 2.24) is 16.0 Å². The predicted molar refractivity (Wildman–Crippen MR) is 218 cm³/mol. The minimum Gasteiger partial charge on any atom is -0.449 e. The molecule has 15 heteroatoms. The summed E-state index contributed by atoms with van der Waals surface area (Å²) >= 11 is 0. The van der Waals surface area contributed by atoms with E-state index in [0.717, 1.165) is 22.3 Å². The van der Waals surface area contributed by atoms with Crippen LogP contribution in [0.5, 0.6) is 5.75 Å². The van der Waals surface area contributed by atoms with E-state index >= 15 is 0 Å². The quantitative estimate of drug-likeness (QED) is 0.0237. The largest absolute Gasteiger partial charge is 0.514 e. The van der Waals surface area contributed by atoms with E-state index in [4.69, 9.17) is 19.9 Å². The molecule has 1 aliphatic rings. The molecular weight excluding hydrogens is 759 g/mol. The molecule has 0 bridgehead atoms. The molecule has 0 aliphatic heterocycles. The van der Waals surface area contributed by atoms with Crippen LogP contribution in [0, 0.1) is 22.0 Å². The molecule has 0 spiro atoms. The fourth-order valence-corrected chi connectivity index (χ4v) is 7.02. The van der Waals surface area contributed by atoms with Crippen LogP contribution in [-0.4, -0.2) is 60.6 Å². The molecule has 2 atom stereocenters. The molecule has 5 N–H and O–H groups in total. The second kappa shape index (κ2) is 21.1. The highest BCUT2D eigenvalue weighted by atomic mass is 16.7. The third-order valence-electron chi connectivity index (χ3n) is 10.1. The lowest BCUT2D eigenvalue weighted by Crippen LogP contribution is -2.46. The Hall–Kier alpha value is -6.77. The first kappa shape index (κ1) is 43.4. The van der Waals surface area contributed by atoms with Gasteiger partial charge in [0.05, 0.1) is 11.0 Å². The first-order valence-corrected chi connectivity index (χ1v) is 19.5. The number of nitro groups is 1. The van der Waals surface area contributed by atoms with Crippen LogP contribution >= 0.6 is 0 Å². The van der Waals surface area contributed by atoms with Crippen molar-refractivity contribution in [3.63, 3.8) is 0 Å². The summed E-state index contributed by atoms with van der Waals surface area (Å²) in [6, 6.07) is 26.5. The van der Waals surface area contributed by atoms with Crippen LogP contribution in [0.25, 0.3) is 11.1 Å². The molecule has 0 saturated heterocycles. The number of rotatable bonds is 20. The third-order valence-corrected chi connectivity index (χ3v) is 10.1. The highest BCUT2D eigenvalue weighted by Crippen LogP contribution is 2.44. The van der Waals surface area contributed by atoms with Crippen molar-refractivity contribution in [3.8, 4) is 16.9 Å². The van der Waals surface area contributed by atoms with Gasteiger partial charge in [0.15, 0.2) is 5.78 Å². The van der Waals surface area contributed by atoms with E-state index in [9.17, 15) is 34.1 Å². The predicted octanol–water partition coefficient (Wildman–Crippen LogP) is 6.95. The van der Waals surface area contributed by atoms with Crippen LogP contribution in [0.4, 0.5) is 20.1 Å². The summed E-state index contributed by atoms with van der Waals surface area (Å²) in [7, 11) is 0. The lowest BCUT2D eigenvalue weighted by Gasteiger charge is -2.24. The van der Waals surface area contributed by atoms with E-state index < -0.39 is 35.2 Å². The molecule has 59 heavy (non-hydrogen) atoms. The zero-order chi connectivity index (χ0) is 42.3. The summed E-state index contributed by atoms with van der Waals surface area (Å²) in [4.78, 5) is 73.6. The molecule has 4 aromatic carbocycles. The number of amides is 4. The van der Waals surface area contributed by atoms with Gasteiger partial charge in [-0.3, -0.25) is 19.7 Å². The molecule has 0 radical (unpaired) electrons. The van der Waals surface area contributed by atoms with Crippen LogP contribution in [0.15, 0.2) is 97.1 Å². The Morgan fingerprint density at radius 3 is 1.97 bits per heavy atom. The van der Waals surface area contributed by atoms with E-state index in [1.807, 2.05) is 38.1 Å². The Bertz CT molecular complexity index is 2060. The van der Waals surface area contributed by atoms with Crippen molar-refractivity contribution in [2.75, 3.05) is 19.7 Å². The number of alkyl carbamates (subject to hydrolysis) is 1. The first-order valence-electron chi connectivity index (χ1n) is 19.5. The molecule has 0 aromatic heterocycles. The number of benzene rings is 4. The minimum atomic E-state index is -0.992. The Morgan fingerprint density at radius 1 is 0.763 bits per heavy atom. The Balaban J connectivity index is 1.09. The molecule has 4 aromatic rings. The van der Waals surface area contributed by atoms with Gasteiger partial charge in [-0.1, -0.05) is 86.6 Å². The molecule has 310 valence electrons. The Kier molecular flexibility index (Phi) is 15.5. The number of nitro benzene ring substituents is 1. The van der Waals surface area contributed by atoms with Crippen LogP contribution in [0.2, 0.25) is 0 Å². The van der Waals surface area contributed by atoms with E-state index in [1.54, 1.807) is 24.3 Å². The maximum Gasteiger partial charge on any atom is 0.514 e. The van der Waals surface area contributed by atoms with E-state index in [1.165, 1.54) is 24.3 Å². The number of carbonyl (C=O) groups excluding carboxylic acids is 5. The molecule has 15 nitrogen and oxygen atoms in total. The number of carbonyl (C=O) groups is 5. The third kappa shape index (κ3) is 12.6. The number of ketones is 1. The maximum absolute atomic E-state index is 13.7. The van der Waals surface area contributed by atoms with Crippen molar-refractivity contribution in [1.29, 1.82) is 0 Å². The molecular formula is C44H49N5O10. The Morgan fingerprint density at radius 2 is 1.36 bits per heavy atom. The van der Waals surface area contributed by atoms with Crippen LogP contribution in [-0.2, 0) is 32.1 Å². The molecule has 0 fully saturated rings. The van der Waals surface area contributed by atoms with Gasteiger partial charge in [0.1, 0.15) is 19.0 Å². The van der Waals surface area contributed by atoms with Gasteiger partial charge in [-0.15, -0.1) is 0 Å². The van der Waals surface area contributed by atoms with Gasteiger partial charge in [0, 0.05) is 43.5 Å². The van der Waals surface area contributed by atoms with Crippen LogP contribution in [0.1, 0.15) is 67.7 Å². The molecule has 0 unspecified atom stereocenters. The van der Waals surface area contributed by atoms with Crippen molar-refractivity contribution in [3.05, 3.63) is 129 Å². The molecule has 5 rings (SSSR count). The number of nitrogens with one attached hydrogen (secondary N) is 3. The molecule has 4 amide bonds. The summed E-state index contributed by atoms with van der Waals surface area (Å²) in [6.45, 7) is 4.46. The van der Waals surface area contributed by atoms with Gasteiger partial charge in [0.25, 0.3) is 5.69 Å². The number of nitrogens with zero attached hydrogens (tertiary/aromatic N) is 1. The topological polar surface area (TPSA) is 218 Å². The molecule has 1 aliphatic carbocycles. The summed E-state index contributed by atoms with van der Waals surface area (Å²) in [6.07, 6.45) is 0.108. The maximum atomic E-state index is 13.7. The Labute approximate surface area is 342 Å². The fourth-order valence-electron chi connectivity index (χ4n) is 7.02. The van der Waals surface area contributed by atoms with E-state index in [-0.39, 0.29) is 67.6 Å². The van der Waals surface area contributed by atoms with E-state index in [0.29, 0.717) is 36.9 Å². The normalized spacial score (nSPS) is 12.7. The number of non-ortho nitro benzene ring substituents is 1. The number of nitrogens with two attached hydrogens (primary N) is 1. The van der Waals surface area contributed by atoms with Crippen LogP contribution in [0.3, 0.4) is 0 Å².